The summed E-state index contributed by atoms with van der Waals surface area (Å²) in [5.41, 5.74) is 2.55. The molecule has 0 saturated carbocycles. The Bertz CT molecular complexity index is 846. The minimum absolute atomic E-state index is 0.208. The molecule has 0 saturated heterocycles. The van der Waals surface area contributed by atoms with Gasteiger partial charge in [0.2, 0.25) is 0 Å². The van der Waals surface area contributed by atoms with E-state index in [4.69, 9.17) is 4.99 Å². The normalized spacial score (nSPS) is 15.8. The van der Waals surface area contributed by atoms with Crippen molar-refractivity contribution in [1.82, 2.24) is 0 Å². The van der Waals surface area contributed by atoms with Crippen molar-refractivity contribution in [1.29, 1.82) is 0 Å². The SMILES string of the molecule is c1ccc(SC2=Nc3ccccc3C2C[Te]c2ccccc2)cc1. The van der Waals surface area contributed by atoms with E-state index in [1.807, 2.05) is 11.8 Å². The fourth-order valence-corrected chi connectivity index (χ4v) is 7.12. The van der Waals surface area contributed by atoms with Crippen LogP contribution in [0.5, 0.6) is 0 Å². The number of benzene rings is 3. The zero-order valence-corrected chi connectivity index (χ0v) is 16.3. The molecule has 0 amide bonds. The summed E-state index contributed by atoms with van der Waals surface area (Å²) in [5.74, 6) is 0.453. The third-order valence-electron chi connectivity index (χ3n) is 3.97. The van der Waals surface area contributed by atoms with Crippen LogP contribution in [-0.2, 0) is 0 Å². The first-order valence-corrected chi connectivity index (χ1v) is 11.6. The summed E-state index contributed by atoms with van der Waals surface area (Å²) in [5, 5.41) is 1.25. The quantitative estimate of drug-likeness (QED) is 0.515. The van der Waals surface area contributed by atoms with Crippen molar-refractivity contribution in [2.75, 3.05) is 0 Å². The number of hydrogen-bond acceptors (Lipinski definition) is 2. The number of fused-ring (bicyclic) bond motifs is 1. The molecule has 0 bridgehead atoms. The Balaban J connectivity index is 1.57. The molecule has 3 heteroatoms. The average molecular weight is 443 g/mol. The molecule has 0 aliphatic carbocycles. The van der Waals surface area contributed by atoms with Crippen molar-refractivity contribution < 1.29 is 0 Å². The van der Waals surface area contributed by atoms with Gasteiger partial charge in [-0.05, 0) is 0 Å². The van der Waals surface area contributed by atoms with Crippen molar-refractivity contribution >= 4 is 47.0 Å². The van der Waals surface area contributed by atoms with Gasteiger partial charge in [0.1, 0.15) is 0 Å². The van der Waals surface area contributed by atoms with Gasteiger partial charge in [-0.25, -0.2) is 0 Å². The number of para-hydroxylation sites is 1. The molecule has 4 rings (SSSR count). The summed E-state index contributed by atoms with van der Waals surface area (Å²) < 4.78 is 2.75. The molecule has 1 aliphatic rings. The van der Waals surface area contributed by atoms with Crippen LogP contribution in [-0.4, -0.2) is 26.0 Å². The predicted octanol–water partition coefficient (Wildman–Crippen LogP) is 5.05. The maximum atomic E-state index is 4.94. The van der Waals surface area contributed by atoms with E-state index < -0.39 is 0 Å². The van der Waals surface area contributed by atoms with Crippen LogP contribution in [0.2, 0.25) is 4.47 Å². The van der Waals surface area contributed by atoms with E-state index >= 15 is 0 Å². The average Bonchev–Trinajstić information content (AvgIpc) is 2.99. The minimum atomic E-state index is -0.208. The maximum absolute atomic E-state index is 4.94. The second-order valence-electron chi connectivity index (χ2n) is 5.60. The Kier molecular flexibility index (Phi) is 5.04. The molecule has 1 unspecified atom stereocenters. The van der Waals surface area contributed by atoms with Gasteiger partial charge in [-0.1, -0.05) is 0 Å². The van der Waals surface area contributed by atoms with E-state index in [0.717, 1.165) is 5.69 Å². The molecule has 118 valence electrons. The van der Waals surface area contributed by atoms with Crippen LogP contribution in [0.25, 0.3) is 0 Å². The van der Waals surface area contributed by atoms with Gasteiger partial charge in [0, 0.05) is 0 Å². The Morgan fingerprint density at radius 3 is 2.25 bits per heavy atom. The van der Waals surface area contributed by atoms with Crippen molar-refractivity contribution in [3.63, 3.8) is 0 Å². The molecule has 1 nitrogen and oxygen atoms in total. The Labute approximate surface area is 157 Å². The zero-order valence-electron chi connectivity index (χ0n) is 13.1. The van der Waals surface area contributed by atoms with E-state index in [2.05, 4.69) is 84.9 Å². The number of hydrogen-bond donors (Lipinski definition) is 0. The summed E-state index contributed by atoms with van der Waals surface area (Å²) in [4.78, 5) is 6.21. The van der Waals surface area contributed by atoms with Crippen LogP contribution in [0, 0.1) is 0 Å². The number of nitrogens with zero attached hydrogens (tertiary/aromatic N) is 1. The van der Waals surface area contributed by atoms with Crippen LogP contribution in [0.3, 0.4) is 0 Å². The molecule has 3 aromatic rings. The van der Waals surface area contributed by atoms with E-state index in [0.29, 0.717) is 5.92 Å². The standard InChI is InChI=1S/C21H17NSTe/c1-3-9-16(10-4-1)23-21-19(15-24-17-11-5-2-6-12-17)18-13-7-8-14-20(18)22-21/h1-14,19H,15H2. The van der Waals surface area contributed by atoms with E-state index in [-0.39, 0.29) is 20.9 Å². The molecular weight excluding hydrogens is 426 g/mol. The van der Waals surface area contributed by atoms with Gasteiger partial charge >= 0.3 is 158 Å². The zero-order chi connectivity index (χ0) is 16.2. The van der Waals surface area contributed by atoms with Gasteiger partial charge in [0.05, 0.1) is 0 Å². The number of thioether (sulfide) groups is 1. The fourth-order valence-electron chi connectivity index (χ4n) is 2.77. The topological polar surface area (TPSA) is 12.4 Å². The van der Waals surface area contributed by atoms with E-state index in [1.54, 1.807) is 0 Å². The molecular formula is C21H17NSTe. The predicted molar refractivity (Wildman–Crippen MR) is 105 cm³/mol. The molecule has 3 aromatic carbocycles. The van der Waals surface area contributed by atoms with E-state index in [1.165, 1.54) is 23.6 Å². The third kappa shape index (κ3) is 3.59. The van der Waals surface area contributed by atoms with Crippen molar-refractivity contribution in [3.05, 3.63) is 90.5 Å². The molecule has 0 spiro atoms. The summed E-state index contributed by atoms with van der Waals surface area (Å²) in [7, 11) is 0. The van der Waals surface area contributed by atoms with Crippen molar-refractivity contribution in [2.24, 2.45) is 4.99 Å². The van der Waals surface area contributed by atoms with Crippen LogP contribution in [0.15, 0.2) is 94.8 Å². The Morgan fingerprint density at radius 2 is 1.46 bits per heavy atom. The number of aliphatic imine (C=N–C) groups is 1. The molecule has 0 fully saturated rings. The first kappa shape index (κ1) is 16.0. The van der Waals surface area contributed by atoms with Gasteiger partial charge in [-0.3, -0.25) is 0 Å². The molecule has 1 atom stereocenters. The molecule has 0 radical (unpaired) electrons. The van der Waals surface area contributed by atoms with Crippen LogP contribution in [0.4, 0.5) is 5.69 Å². The van der Waals surface area contributed by atoms with Gasteiger partial charge < -0.3 is 0 Å². The van der Waals surface area contributed by atoms with Gasteiger partial charge in [0.25, 0.3) is 0 Å². The monoisotopic (exact) mass is 445 g/mol. The van der Waals surface area contributed by atoms with Gasteiger partial charge in [-0.2, -0.15) is 0 Å². The van der Waals surface area contributed by atoms with Crippen LogP contribution in [0.1, 0.15) is 11.5 Å². The molecule has 1 heterocycles. The van der Waals surface area contributed by atoms with Crippen molar-refractivity contribution in [2.45, 2.75) is 15.3 Å². The summed E-state index contributed by atoms with van der Waals surface area (Å²) in [6, 6.07) is 30.1. The second-order valence-corrected chi connectivity index (χ2v) is 9.82. The first-order chi connectivity index (χ1) is 11.9. The molecule has 0 aromatic heterocycles. The van der Waals surface area contributed by atoms with E-state index in [9.17, 15) is 0 Å². The van der Waals surface area contributed by atoms with Crippen molar-refractivity contribution in [3.8, 4) is 0 Å². The number of rotatable bonds is 4. The summed E-state index contributed by atoms with van der Waals surface area (Å²) >= 11 is 1.61. The third-order valence-corrected chi connectivity index (χ3v) is 8.21. The van der Waals surface area contributed by atoms with Gasteiger partial charge in [0.15, 0.2) is 0 Å². The van der Waals surface area contributed by atoms with Gasteiger partial charge in [-0.15, -0.1) is 0 Å². The van der Waals surface area contributed by atoms with Crippen LogP contribution < -0.4 is 3.61 Å². The Hall–Kier alpha value is -1.53. The second kappa shape index (κ2) is 7.57. The first-order valence-electron chi connectivity index (χ1n) is 7.98. The Morgan fingerprint density at radius 1 is 0.792 bits per heavy atom. The summed E-state index contributed by atoms with van der Waals surface area (Å²) in [6.07, 6.45) is 0. The molecule has 0 N–H and O–H groups in total. The fraction of sp³-hybridized carbons (Fsp3) is 0.0952. The molecule has 1 aliphatic heterocycles. The summed E-state index contributed by atoms with van der Waals surface area (Å²) in [6.45, 7) is 0. The van der Waals surface area contributed by atoms with Crippen LogP contribution >= 0.6 is 11.8 Å². The molecule has 24 heavy (non-hydrogen) atoms.